The van der Waals surface area contributed by atoms with Gasteiger partial charge in [0, 0.05) is 37.5 Å². The Balaban J connectivity index is 1.76. The molecule has 3 heterocycles. The zero-order valence-electron chi connectivity index (χ0n) is 21.1. The Kier molecular flexibility index (Phi) is 7.42. The van der Waals surface area contributed by atoms with E-state index in [0.717, 1.165) is 18.4 Å². The van der Waals surface area contributed by atoms with Crippen LogP contribution in [0.1, 0.15) is 39.2 Å². The lowest BCUT2D eigenvalue weighted by Gasteiger charge is -2.34. The van der Waals surface area contributed by atoms with Gasteiger partial charge in [0.25, 0.3) is 5.56 Å². The summed E-state index contributed by atoms with van der Waals surface area (Å²) in [6.45, 7) is 6.94. The van der Waals surface area contributed by atoms with Crippen molar-refractivity contribution in [1.82, 2.24) is 24.4 Å². The highest BCUT2D eigenvalue weighted by Gasteiger charge is 2.29. The Labute approximate surface area is 217 Å². The van der Waals surface area contributed by atoms with Crippen molar-refractivity contribution in [2.75, 3.05) is 24.2 Å². The maximum Gasteiger partial charge on any atom is 0.407 e. The van der Waals surface area contributed by atoms with Crippen molar-refractivity contribution in [1.29, 1.82) is 0 Å². The Hall–Kier alpha value is -2.92. The smallest absolute Gasteiger partial charge is 0.407 e. The number of carbonyl (C=O) groups is 1. The minimum atomic E-state index is -1.47. The van der Waals surface area contributed by atoms with Crippen LogP contribution in [0.3, 0.4) is 0 Å². The number of benzene rings is 1. The molecule has 1 aliphatic rings. The molecule has 0 saturated carbocycles. The van der Waals surface area contributed by atoms with Crippen LogP contribution in [-0.4, -0.2) is 60.4 Å². The molecule has 36 heavy (non-hydrogen) atoms. The van der Waals surface area contributed by atoms with E-state index < -0.39 is 22.5 Å². The molecular formula is C24H31ClN6O4S. The van der Waals surface area contributed by atoms with Crippen LogP contribution < -0.4 is 15.8 Å². The molecule has 1 N–H and O–H groups in total. The first-order chi connectivity index (χ1) is 16.9. The Morgan fingerprint density at radius 1 is 1.28 bits per heavy atom. The van der Waals surface area contributed by atoms with Crippen LogP contribution >= 0.6 is 11.6 Å². The first kappa shape index (κ1) is 26.2. The van der Waals surface area contributed by atoms with E-state index in [-0.39, 0.29) is 22.4 Å². The first-order valence-corrected chi connectivity index (χ1v) is 13.7. The van der Waals surface area contributed by atoms with E-state index in [1.54, 1.807) is 13.1 Å². The number of alkyl carbamates (subject to hydrolysis) is 1. The number of carbonyl (C=O) groups excluding carboxylic acids is 1. The molecule has 1 fully saturated rings. The predicted octanol–water partition coefficient (Wildman–Crippen LogP) is 3.06. The van der Waals surface area contributed by atoms with Gasteiger partial charge >= 0.3 is 6.09 Å². The van der Waals surface area contributed by atoms with Crippen LogP contribution in [0, 0.1) is 0 Å². The fraction of sp³-hybridized carbons (Fsp3) is 0.500. The number of hydrogen-bond donors (Lipinski definition) is 1. The zero-order chi connectivity index (χ0) is 26.2. The molecule has 0 spiro atoms. The van der Waals surface area contributed by atoms with Crippen molar-refractivity contribution in [3.05, 3.63) is 45.2 Å². The van der Waals surface area contributed by atoms with Gasteiger partial charge in [-0.25, -0.2) is 4.79 Å². The quantitative estimate of drug-likeness (QED) is 0.501. The minimum Gasteiger partial charge on any atom is -0.444 e. The van der Waals surface area contributed by atoms with Gasteiger partial charge in [-0.2, -0.15) is 9.97 Å². The minimum absolute atomic E-state index is 0.156. The molecule has 1 aromatic carbocycles. The summed E-state index contributed by atoms with van der Waals surface area (Å²) in [5, 5.41) is 3.68. The lowest BCUT2D eigenvalue weighted by molar-refractivity contribution is 0.0499. The van der Waals surface area contributed by atoms with E-state index in [9.17, 15) is 13.8 Å². The van der Waals surface area contributed by atoms with Crippen LogP contribution in [0.2, 0.25) is 5.02 Å². The van der Waals surface area contributed by atoms with Crippen LogP contribution in [0.25, 0.3) is 11.2 Å². The van der Waals surface area contributed by atoms with Crippen molar-refractivity contribution in [2.45, 2.75) is 57.0 Å². The SMILES string of the molecule is Cn1c(S(C)=O)nc2nc(N3CCC[C@@H](NC(=O)OC(C)(C)C)C3)n(Cc3ccccc3Cl)c2c1=O. The summed E-state index contributed by atoms with van der Waals surface area (Å²) in [4.78, 5) is 37.0. The average molecular weight is 535 g/mol. The molecule has 1 aliphatic heterocycles. The van der Waals surface area contributed by atoms with Crippen molar-refractivity contribution in [3.8, 4) is 0 Å². The van der Waals surface area contributed by atoms with Crippen molar-refractivity contribution in [3.63, 3.8) is 0 Å². The van der Waals surface area contributed by atoms with Crippen molar-refractivity contribution >= 4 is 45.6 Å². The number of aromatic nitrogens is 4. The number of nitrogens with one attached hydrogen (secondary N) is 1. The van der Waals surface area contributed by atoms with Crippen molar-refractivity contribution in [2.24, 2.45) is 7.05 Å². The number of imidazole rings is 1. The third kappa shape index (κ3) is 5.57. The Morgan fingerprint density at radius 2 is 2.00 bits per heavy atom. The normalized spacial score (nSPS) is 17.3. The molecule has 10 nitrogen and oxygen atoms in total. The Morgan fingerprint density at radius 3 is 2.67 bits per heavy atom. The van der Waals surface area contributed by atoms with Gasteiger partial charge in [0.1, 0.15) is 5.60 Å². The molecule has 12 heteroatoms. The Bertz CT molecular complexity index is 1380. The molecule has 2 atom stereocenters. The second kappa shape index (κ2) is 10.2. The fourth-order valence-corrected chi connectivity index (χ4v) is 5.20. The summed E-state index contributed by atoms with van der Waals surface area (Å²) in [6.07, 6.45) is 2.61. The predicted molar refractivity (Wildman–Crippen MR) is 140 cm³/mol. The van der Waals surface area contributed by atoms with Gasteiger partial charge < -0.3 is 15.0 Å². The van der Waals surface area contributed by atoms with E-state index in [1.807, 2.05) is 48.4 Å². The highest BCUT2D eigenvalue weighted by atomic mass is 35.5. The van der Waals surface area contributed by atoms with Gasteiger partial charge in [-0.05, 0) is 45.2 Å². The third-order valence-electron chi connectivity index (χ3n) is 5.89. The van der Waals surface area contributed by atoms with Crippen LogP contribution in [0.4, 0.5) is 10.7 Å². The topological polar surface area (TPSA) is 111 Å². The largest absolute Gasteiger partial charge is 0.444 e. The van der Waals surface area contributed by atoms with Gasteiger partial charge in [0.2, 0.25) is 11.1 Å². The van der Waals surface area contributed by atoms with E-state index in [2.05, 4.69) is 10.3 Å². The van der Waals surface area contributed by atoms with Gasteiger partial charge in [-0.15, -0.1) is 0 Å². The van der Waals surface area contributed by atoms with Crippen molar-refractivity contribution < 1.29 is 13.7 Å². The second-order valence-corrected chi connectivity index (χ2v) is 11.6. The summed E-state index contributed by atoms with van der Waals surface area (Å²) in [5.41, 5.74) is 0.433. The molecule has 194 valence electrons. The van der Waals surface area contributed by atoms with E-state index in [4.69, 9.17) is 21.3 Å². The number of nitrogens with zero attached hydrogens (tertiary/aromatic N) is 5. The van der Waals surface area contributed by atoms with E-state index in [1.165, 1.54) is 10.8 Å². The van der Waals surface area contributed by atoms with Crippen LogP contribution in [0.15, 0.2) is 34.2 Å². The van der Waals surface area contributed by atoms with E-state index >= 15 is 0 Å². The van der Waals surface area contributed by atoms with Gasteiger partial charge in [-0.3, -0.25) is 18.1 Å². The maximum absolute atomic E-state index is 13.4. The van der Waals surface area contributed by atoms with Crippen LogP contribution in [0.5, 0.6) is 0 Å². The fourth-order valence-electron chi connectivity index (χ4n) is 4.33. The molecule has 0 radical (unpaired) electrons. The molecule has 3 aromatic rings. The molecule has 4 rings (SSSR count). The van der Waals surface area contributed by atoms with Gasteiger partial charge in [0.05, 0.1) is 17.3 Å². The number of hydrogen-bond acceptors (Lipinski definition) is 7. The monoisotopic (exact) mass is 534 g/mol. The number of halogens is 1. The molecular weight excluding hydrogens is 504 g/mol. The third-order valence-corrected chi connectivity index (χ3v) is 7.14. The molecule has 0 aliphatic carbocycles. The number of piperidine rings is 1. The number of amides is 1. The summed E-state index contributed by atoms with van der Waals surface area (Å²) < 4.78 is 20.7. The molecule has 0 bridgehead atoms. The molecule has 1 unspecified atom stereocenters. The second-order valence-electron chi connectivity index (χ2n) is 9.91. The van der Waals surface area contributed by atoms with Crippen LogP contribution in [-0.2, 0) is 29.1 Å². The lowest BCUT2D eigenvalue weighted by atomic mass is 10.1. The molecule has 1 saturated heterocycles. The van der Waals surface area contributed by atoms with Gasteiger partial charge in [0.15, 0.2) is 11.2 Å². The summed E-state index contributed by atoms with van der Waals surface area (Å²) >= 11 is 6.45. The summed E-state index contributed by atoms with van der Waals surface area (Å²) in [6, 6.07) is 7.27. The highest BCUT2D eigenvalue weighted by Crippen LogP contribution is 2.27. The number of anilines is 1. The maximum atomic E-state index is 13.4. The highest BCUT2D eigenvalue weighted by molar-refractivity contribution is 7.84. The number of ether oxygens (including phenoxy) is 1. The summed E-state index contributed by atoms with van der Waals surface area (Å²) in [7, 11) is 0.0902. The first-order valence-electron chi connectivity index (χ1n) is 11.7. The number of fused-ring (bicyclic) bond motifs is 1. The lowest BCUT2D eigenvalue weighted by Crippen LogP contribution is -2.49. The standard InChI is InChI=1S/C24H31ClN6O4S/c1-24(2,3)35-23(33)26-16-10-8-12-30(14-16)21-27-19-18(20(32)29(4)22(28-19)36(5)34)31(21)13-15-9-6-7-11-17(15)25/h6-7,9,11,16H,8,10,12-14H2,1-5H3,(H,26,33)/t16-,36?/m1/s1. The number of rotatable bonds is 5. The zero-order valence-corrected chi connectivity index (χ0v) is 22.6. The molecule has 2 aromatic heterocycles. The summed E-state index contributed by atoms with van der Waals surface area (Å²) in [5.74, 6) is 0.546. The molecule has 1 amide bonds. The average Bonchev–Trinajstić information content (AvgIpc) is 3.15. The van der Waals surface area contributed by atoms with Gasteiger partial charge in [-0.1, -0.05) is 29.8 Å². The van der Waals surface area contributed by atoms with E-state index in [0.29, 0.717) is 36.1 Å².